The second-order valence-electron chi connectivity index (χ2n) is 3.71. The van der Waals surface area contributed by atoms with Crippen LogP contribution < -0.4 is 5.32 Å². The van der Waals surface area contributed by atoms with Gasteiger partial charge in [-0.2, -0.15) is 0 Å². The van der Waals surface area contributed by atoms with E-state index in [1.807, 2.05) is 0 Å². The molecule has 1 aliphatic carbocycles. The number of hydrogen-bond acceptors (Lipinski definition) is 5. The highest BCUT2D eigenvalue weighted by molar-refractivity contribution is 7.13. The largest absolute Gasteiger partial charge is 0.459 e. The molecule has 1 fully saturated rings. The minimum atomic E-state index is -0.157. The van der Waals surface area contributed by atoms with E-state index in [1.165, 1.54) is 18.3 Å². The number of ether oxygens (including phenoxy) is 1. The first kappa shape index (κ1) is 11.1. The lowest BCUT2D eigenvalue weighted by molar-refractivity contribution is -0.146. The number of anilines is 1. The van der Waals surface area contributed by atoms with Crippen LogP contribution in [0.5, 0.6) is 0 Å². The van der Waals surface area contributed by atoms with Gasteiger partial charge in [-0.05, 0) is 12.8 Å². The van der Waals surface area contributed by atoms with Crippen LogP contribution in [0.2, 0.25) is 0 Å². The van der Waals surface area contributed by atoms with Crippen molar-refractivity contribution in [2.24, 2.45) is 5.92 Å². The Morgan fingerprint density at radius 3 is 3.00 bits per heavy atom. The fourth-order valence-corrected chi connectivity index (χ4v) is 1.90. The van der Waals surface area contributed by atoms with Gasteiger partial charge in [0.25, 0.3) is 0 Å². The zero-order valence-electron chi connectivity index (χ0n) is 8.86. The van der Waals surface area contributed by atoms with Gasteiger partial charge in [-0.3, -0.25) is 9.59 Å². The fraction of sp³-hybridized carbons (Fsp3) is 0.500. The summed E-state index contributed by atoms with van der Waals surface area (Å²) in [5.41, 5.74) is 0.669. The van der Waals surface area contributed by atoms with Crippen LogP contribution in [-0.4, -0.2) is 16.9 Å². The number of rotatable bonds is 4. The van der Waals surface area contributed by atoms with Gasteiger partial charge in [-0.15, -0.1) is 11.3 Å². The highest BCUT2D eigenvalue weighted by Crippen LogP contribution is 2.30. The normalized spacial score (nSPS) is 14.6. The van der Waals surface area contributed by atoms with Crippen molar-refractivity contribution in [2.45, 2.75) is 26.4 Å². The summed E-state index contributed by atoms with van der Waals surface area (Å²) in [4.78, 5) is 26.1. The Morgan fingerprint density at radius 1 is 1.62 bits per heavy atom. The van der Waals surface area contributed by atoms with Gasteiger partial charge in [0.1, 0.15) is 6.61 Å². The van der Waals surface area contributed by atoms with Crippen LogP contribution >= 0.6 is 11.3 Å². The van der Waals surface area contributed by atoms with Crippen LogP contribution in [0.1, 0.15) is 25.5 Å². The number of aromatic nitrogens is 1. The molecule has 0 bridgehead atoms. The average Bonchev–Trinajstić information content (AvgIpc) is 2.97. The Morgan fingerprint density at radius 2 is 2.38 bits per heavy atom. The van der Waals surface area contributed by atoms with Crippen LogP contribution in [0.25, 0.3) is 0 Å². The minimum absolute atomic E-state index is 0.105. The summed E-state index contributed by atoms with van der Waals surface area (Å²) in [6.45, 7) is 1.61. The molecule has 1 N–H and O–H groups in total. The lowest BCUT2D eigenvalue weighted by atomic mass is 10.4. The van der Waals surface area contributed by atoms with Crippen molar-refractivity contribution < 1.29 is 14.3 Å². The summed E-state index contributed by atoms with van der Waals surface area (Å²) in [6.07, 6.45) is 1.88. The van der Waals surface area contributed by atoms with Crippen molar-refractivity contribution in [2.75, 3.05) is 5.32 Å². The van der Waals surface area contributed by atoms with Crippen LogP contribution in [0, 0.1) is 5.92 Å². The number of thiazole rings is 1. The zero-order valence-corrected chi connectivity index (χ0v) is 9.67. The van der Waals surface area contributed by atoms with E-state index in [-0.39, 0.29) is 24.4 Å². The molecule has 1 saturated carbocycles. The summed E-state index contributed by atoms with van der Waals surface area (Å²) in [5.74, 6) is -0.196. The van der Waals surface area contributed by atoms with Crippen molar-refractivity contribution >= 4 is 28.3 Å². The molecule has 5 nitrogen and oxygen atoms in total. The maximum Gasteiger partial charge on any atom is 0.309 e. The molecule has 0 radical (unpaired) electrons. The maximum absolute atomic E-state index is 11.2. The third kappa shape index (κ3) is 3.03. The Labute approximate surface area is 96.8 Å². The van der Waals surface area contributed by atoms with E-state index in [9.17, 15) is 9.59 Å². The van der Waals surface area contributed by atoms with E-state index in [4.69, 9.17) is 4.74 Å². The van der Waals surface area contributed by atoms with E-state index < -0.39 is 0 Å². The molecule has 0 aromatic carbocycles. The van der Waals surface area contributed by atoms with Gasteiger partial charge >= 0.3 is 5.97 Å². The summed E-state index contributed by atoms with van der Waals surface area (Å²) < 4.78 is 5.06. The van der Waals surface area contributed by atoms with Gasteiger partial charge in [0.15, 0.2) is 5.13 Å². The third-order valence-corrected chi connectivity index (χ3v) is 2.91. The van der Waals surface area contributed by atoms with Crippen molar-refractivity contribution in [3.05, 3.63) is 11.1 Å². The highest BCUT2D eigenvalue weighted by atomic mass is 32.1. The molecule has 0 spiro atoms. The second kappa shape index (κ2) is 4.61. The summed E-state index contributed by atoms with van der Waals surface area (Å²) in [7, 11) is 0. The Balaban J connectivity index is 1.82. The number of carbonyl (C=O) groups excluding carboxylic acids is 2. The molecule has 1 aromatic rings. The molecule has 6 heteroatoms. The SMILES string of the molecule is CC(=O)Nc1nc(COC(=O)C2CC2)cs1. The van der Waals surface area contributed by atoms with E-state index in [2.05, 4.69) is 10.3 Å². The lowest BCUT2D eigenvalue weighted by Gasteiger charge is -2.00. The molecule has 0 saturated heterocycles. The monoisotopic (exact) mass is 240 g/mol. The molecule has 1 amide bonds. The number of hydrogen-bond donors (Lipinski definition) is 1. The topological polar surface area (TPSA) is 68.3 Å². The van der Waals surface area contributed by atoms with Gasteiger partial charge in [0, 0.05) is 12.3 Å². The van der Waals surface area contributed by atoms with E-state index in [1.54, 1.807) is 5.38 Å². The smallest absolute Gasteiger partial charge is 0.309 e. The van der Waals surface area contributed by atoms with Crippen LogP contribution in [0.15, 0.2) is 5.38 Å². The van der Waals surface area contributed by atoms with E-state index in [0.717, 1.165) is 12.8 Å². The summed E-state index contributed by atoms with van der Waals surface area (Å²) in [6, 6.07) is 0. The molecule has 16 heavy (non-hydrogen) atoms. The molecule has 1 heterocycles. The maximum atomic E-state index is 11.2. The van der Waals surface area contributed by atoms with Crippen molar-refractivity contribution in [1.82, 2.24) is 4.98 Å². The molecular weight excluding hydrogens is 228 g/mol. The number of carbonyl (C=O) groups is 2. The van der Waals surface area contributed by atoms with Gasteiger partial charge in [0.05, 0.1) is 11.6 Å². The zero-order chi connectivity index (χ0) is 11.5. The lowest BCUT2D eigenvalue weighted by Crippen LogP contribution is -2.07. The number of amides is 1. The van der Waals surface area contributed by atoms with Crippen LogP contribution in [-0.2, 0) is 20.9 Å². The van der Waals surface area contributed by atoms with Crippen molar-refractivity contribution in [1.29, 1.82) is 0 Å². The first-order valence-corrected chi connectivity index (χ1v) is 5.92. The van der Waals surface area contributed by atoms with Gasteiger partial charge < -0.3 is 10.1 Å². The molecule has 0 atom stereocenters. The highest BCUT2D eigenvalue weighted by Gasteiger charge is 2.31. The van der Waals surface area contributed by atoms with Crippen LogP contribution in [0.4, 0.5) is 5.13 Å². The molecule has 1 aromatic heterocycles. The molecule has 2 rings (SSSR count). The third-order valence-electron chi connectivity index (χ3n) is 2.11. The Bertz CT molecular complexity index is 412. The van der Waals surface area contributed by atoms with Crippen LogP contribution in [0.3, 0.4) is 0 Å². The van der Waals surface area contributed by atoms with Gasteiger partial charge in [-0.1, -0.05) is 0 Å². The summed E-state index contributed by atoms with van der Waals surface area (Å²) in [5, 5.41) is 4.88. The minimum Gasteiger partial charge on any atom is -0.459 e. The van der Waals surface area contributed by atoms with Crippen molar-refractivity contribution in [3.63, 3.8) is 0 Å². The number of esters is 1. The molecule has 0 unspecified atom stereocenters. The molecule has 86 valence electrons. The predicted molar refractivity (Wildman–Crippen MR) is 58.9 cm³/mol. The quantitative estimate of drug-likeness (QED) is 0.811. The molecule has 0 aliphatic heterocycles. The van der Waals surface area contributed by atoms with Gasteiger partial charge in [-0.25, -0.2) is 4.98 Å². The second-order valence-corrected chi connectivity index (χ2v) is 4.57. The standard InChI is InChI=1S/C10H12N2O3S/c1-6(13)11-10-12-8(5-16-10)4-15-9(14)7-2-3-7/h5,7H,2-4H2,1H3,(H,11,12,13). The number of nitrogens with zero attached hydrogens (tertiary/aromatic N) is 1. The Kier molecular flexibility index (Phi) is 3.19. The molecular formula is C10H12N2O3S. The predicted octanol–water partition coefficient (Wildman–Crippen LogP) is 1.55. The Hall–Kier alpha value is -1.43. The summed E-state index contributed by atoms with van der Waals surface area (Å²) >= 11 is 1.32. The molecule has 1 aliphatic rings. The van der Waals surface area contributed by atoms with E-state index >= 15 is 0 Å². The van der Waals surface area contributed by atoms with Gasteiger partial charge in [0.2, 0.25) is 5.91 Å². The first-order valence-electron chi connectivity index (χ1n) is 5.04. The average molecular weight is 240 g/mol. The van der Waals surface area contributed by atoms with E-state index in [0.29, 0.717) is 10.8 Å². The number of nitrogens with one attached hydrogen (secondary N) is 1. The van der Waals surface area contributed by atoms with Crippen molar-refractivity contribution in [3.8, 4) is 0 Å². The fourth-order valence-electron chi connectivity index (χ4n) is 1.16. The first-order chi connectivity index (χ1) is 7.65.